The van der Waals surface area contributed by atoms with Crippen LogP contribution in [-0.2, 0) is 9.53 Å². The minimum Gasteiger partial charge on any atom is -0.393 e. The van der Waals surface area contributed by atoms with Crippen LogP contribution < -0.4 is 0 Å². The van der Waals surface area contributed by atoms with Crippen LogP contribution in [0.5, 0.6) is 0 Å². The van der Waals surface area contributed by atoms with Gasteiger partial charge < -0.3 is 9.84 Å². The van der Waals surface area contributed by atoms with Crippen LogP contribution in [0.3, 0.4) is 0 Å². The third kappa shape index (κ3) is 1.91. The molecule has 3 aliphatic rings. The van der Waals surface area contributed by atoms with Gasteiger partial charge in [0.25, 0.3) is 0 Å². The van der Waals surface area contributed by atoms with E-state index in [-0.39, 0.29) is 28.8 Å². The van der Waals surface area contributed by atoms with E-state index >= 15 is 0 Å². The summed E-state index contributed by atoms with van der Waals surface area (Å²) in [5.74, 6) is 1.19. The van der Waals surface area contributed by atoms with Crippen molar-refractivity contribution in [2.24, 2.45) is 34.5 Å². The molecule has 0 aromatic carbocycles. The Balaban J connectivity index is 2.16. The maximum atomic E-state index is 12.9. The average molecular weight is 308 g/mol. The summed E-state index contributed by atoms with van der Waals surface area (Å²) in [6.07, 6.45) is 4.72. The number of carbonyl (C=O) groups excluding carboxylic acids is 1. The lowest BCUT2D eigenvalue weighted by atomic mass is 9.45. The van der Waals surface area contributed by atoms with Crippen LogP contribution in [0.15, 0.2) is 0 Å². The van der Waals surface area contributed by atoms with Crippen LogP contribution in [0.4, 0.5) is 0 Å². The number of methoxy groups -OCH3 is 1. The smallest absolute Gasteiger partial charge is 0.139 e. The van der Waals surface area contributed by atoms with Gasteiger partial charge in [-0.05, 0) is 49.4 Å². The van der Waals surface area contributed by atoms with Crippen LogP contribution in [0.25, 0.3) is 0 Å². The summed E-state index contributed by atoms with van der Waals surface area (Å²) in [4.78, 5) is 12.9. The van der Waals surface area contributed by atoms with Crippen molar-refractivity contribution in [1.29, 1.82) is 0 Å². The molecule has 1 N–H and O–H groups in total. The van der Waals surface area contributed by atoms with Crippen molar-refractivity contribution in [3.8, 4) is 0 Å². The molecule has 0 aromatic rings. The summed E-state index contributed by atoms with van der Waals surface area (Å²) >= 11 is 0. The number of aliphatic hydroxyl groups is 1. The SMILES string of the molecule is COC1CCC23CC[C@@H](C)[C@](C)(C12)[C@H](O)C[C@H](C)C(=O)[C@@H]3C. The van der Waals surface area contributed by atoms with Crippen molar-refractivity contribution < 1.29 is 14.6 Å². The van der Waals surface area contributed by atoms with Crippen LogP contribution in [0.1, 0.15) is 59.8 Å². The van der Waals surface area contributed by atoms with Crippen molar-refractivity contribution >= 4 is 5.78 Å². The fourth-order valence-corrected chi connectivity index (χ4v) is 6.41. The van der Waals surface area contributed by atoms with E-state index in [0.29, 0.717) is 24.0 Å². The van der Waals surface area contributed by atoms with E-state index in [1.54, 1.807) is 7.11 Å². The molecule has 0 aliphatic heterocycles. The van der Waals surface area contributed by atoms with E-state index in [4.69, 9.17) is 4.74 Å². The van der Waals surface area contributed by atoms with E-state index in [1.807, 2.05) is 6.92 Å². The van der Waals surface area contributed by atoms with Gasteiger partial charge in [-0.15, -0.1) is 0 Å². The summed E-state index contributed by atoms with van der Waals surface area (Å²) in [7, 11) is 1.80. The molecule has 2 bridgehead atoms. The van der Waals surface area contributed by atoms with Gasteiger partial charge >= 0.3 is 0 Å². The second-order valence-electron chi connectivity index (χ2n) is 8.61. The van der Waals surface area contributed by atoms with Gasteiger partial charge in [0.2, 0.25) is 0 Å². The highest BCUT2D eigenvalue weighted by molar-refractivity contribution is 5.84. The van der Waals surface area contributed by atoms with E-state index in [0.717, 1.165) is 25.7 Å². The molecule has 3 nitrogen and oxygen atoms in total. The zero-order valence-corrected chi connectivity index (χ0v) is 14.8. The number of rotatable bonds is 1. The number of ketones is 1. The Hall–Kier alpha value is -0.410. The zero-order chi connectivity index (χ0) is 16.3. The average Bonchev–Trinajstić information content (AvgIpc) is 2.89. The van der Waals surface area contributed by atoms with Gasteiger partial charge in [0.1, 0.15) is 5.78 Å². The lowest BCUT2D eigenvalue weighted by molar-refractivity contribution is -0.184. The number of carbonyl (C=O) groups is 1. The zero-order valence-electron chi connectivity index (χ0n) is 14.8. The van der Waals surface area contributed by atoms with E-state index in [9.17, 15) is 9.90 Å². The summed E-state index contributed by atoms with van der Waals surface area (Å²) in [5, 5.41) is 11.1. The molecule has 3 saturated carbocycles. The Morgan fingerprint density at radius 2 is 1.82 bits per heavy atom. The summed E-state index contributed by atoms with van der Waals surface area (Å²) < 4.78 is 5.86. The molecule has 0 heterocycles. The summed E-state index contributed by atoms with van der Waals surface area (Å²) in [5.41, 5.74) is -0.104. The molecule has 0 spiro atoms. The Bertz CT molecular complexity index is 462. The largest absolute Gasteiger partial charge is 0.393 e. The van der Waals surface area contributed by atoms with Crippen molar-refractivity contribution in [2.75, 3.05) is 7.11 Å². The predicted molar refractivity (Wildman–Crippen MR) is 86.4 cm³/mol. The van der Waals surface area contributed by atoms with E-state index in [2.05, 4.69) is 20.8 Å². The number of Topliss-reactive ketones (excluding diaryl/α,β-unsaturated/α-hetero) is 1. The second kappa shape index (κ2) is 5.31. The van der Waals surface area contributed by atoms with Crippen LogP contribution in [-0.4, -0.2) is 30.2 Å². The van der Waals surface area contributed by atoms with Gasteiger partial charge in [0.05, 0.1) is 12.2 Å². The number of hydrogen-bond acceptors (Lipinski definition) is 3. The lowest BCUT2D eigenvalue weighted by Crippen LogP contribution is -2.60. The van der Waals surface area contributed by atoms with Gasteiger partial charge in [-0.25, -0.2) is 0 Å². The summed E-state index contributed by atoms with van der Waals surface area (Å²) in [6.45, 7) is 8.72. The first-order chi connectivity index (χ1) is 10.3. The molecule has 3 unspecified atom stereocenters. The maximum Gasteiger partial charge on any atom is 0.139 e. The molecule has 3 aliphatic carbocycles. The first kappa shape index (κ1) is 16.4. The highest BCUT2D eigenvalue weighted by atomic mass is 16.5. The molecule has 8 atom stereocenters. The Morgan fingerprint density at radius 3 is 2.45 bits per heavy atom. The molecule has 3 heteroatoms. The van der Waals surface area contributed by atoms with Crippen molar-refractivity contribution in [1.82, 2.24) is 0 Å². The lowest BCUT2D eigenvalue weighted by Gasteiger charge is -2.60. The minimum atomic E-state index is -0.408. The fourth-order valence-electron chi connectivity index (χ4n) is 6.41. The molecule has 0 saturated heterocycles. The fraction of sp³-hybridized carbons (Fsp3) is 0.947. The quantitative estimate of drug-likeness (QED) is 0.807. The minimum absolute atomic E-state index is 0.0333. The van der Waals surface area contributed by atoms with Gasteiger partial charge in [-0.2, -0.15) is 0 Å². The van der Waals surface area contributed by atoms with E-state index < -0.39 is 6.10 Å². The first-order valence-electron chi connectivity index (χ1n) is 9.03. The van der Waals surface area contributed by atoms with Gasteiger partial charge in [0, 0.05) is 24.4 Å². The molecule has 22 heavy (non-hydrogen) atoms. The molecule has 0 amide bonds. The molecular formula is C19H32O3. The highest BCUT2D eigenvalue weighted by Crippen LogP contribution is 2.67. The number of aliphatic hydroxyl groups excluding tert-OH is 1. The molecule has 3 fully saturated rings. The third-order valence-electron chi connectivity index (χ3n) is 8.03. The molecule has 3 rings (SSSR count). The molecular weight excluding hydrogens is 276 g/mol. The normalized spacial score (nSPS) is 55.5. The maximum absolute atomic E-state index is 12.9. The van der Waals surface area contributed by atoms with Gasteiger partial charge in [-0.1, -0.05) is 27.7 Å². The predicted octanol–water partition coefficient (Wildman–Crippen LogP) is 3.44. The number of hydrogen-bond donors (Lipinski definition) is 1. The highest BCUT2D eigenvalue weighted by Gasteiger charge is 2.66. The monoisotopic (exact) mass is 308 g/mol. The van der Waals surface area contributed by atoms with Crippen LogP contribution in [0.2, 0.25) is 0 Å². The van der Waals surface area contributed by atoms with Crippen molar-refractivity contribution in [2.45, 2.75) is 72.0 Å². The third-order valence-corrected chi connectivity index (χ3v) is 8.03. The standard InChI is InChI=1S/C19H32O3/c1-11-10-15(20)18(4)12(2)6-8-19(13(3)16(11)21)9-7-14(22-5)17(18)19/h11-15,17,20H,6-10H2,1-5H3/t11-,12+,13-,14?,15+,17?,18-,19?/m0/s1. The van der Waals surface area contributed by atoms with Crippen LogP contribution >= 0.6 is 0 Å². The van der Waals surface area contributed by atoms with E-state index in [1.165, 1.54) is 0 Å². The molecule has 0 radical (unpaired) electrons. The number of ether oxygens (including phenoxy) is 1. The molecule has 126 valence electrons. The van der Waals surface area contributed by atoms with Gasteiger partial charge in [0.15, 0.2) is 0 Å². The Morgan fingerprint density at radius 1 is 1.18 bits per heavy atom. The van der Waals surface area contributed by atoms with Crippen LogP contribution in [0, 0.1) is 34.5 Å². The topological polar surface area (TPSA) is 46.5 Å². The molecule has 0 aromatic heterocycles. The Kier molecular flexibility index (Phi) is 3.97. The van der Waals surface area contributed by atoms with Crippen molar-refractivity contribution in [3.63, 3.8) is 0 Å². The van der Waals surface area contributed by atoms with Gasteiger partial charge in [-0.3, -0.25) is 4.79 Å². The first-order valence-corrected chi connectivity index (χ1v) is 9.03. The van der Waals surface area contributed by atoms with Crippen molar-refractivity contribution in [3.05, 3.63) is 0 Å². The Labute approximate surface area is 134 Å². The summed E-state index contributed by atoms with van der Waals surface area (Å²) in [6, 6.07) is 0. The second-order valence-corrected chi connectivity index (χ2v) is 8.61.